The maximum Gasteiger partial charge on any atom is 0.321 e. The lowest BCUT2D eigenvalue weighted by Crippen LogP contribution is -2.50. The Morgan fingerprint density at radius 1 is 1.23 bits per heavy atom. The second-order valence-electron chi connectivity index (χ2n) is 7.82. The van der Waals surface area contributed by atoms with Crippen LogP contribution in [-0.2, 0) is 4.79 Å². The van der Waals surface area contributed by atoms with Gasteiger partial charge < -0.3 is 5.32 Å². The van der Waals surface area contributed by atoms with E-state index in [0.717, 1.165) is 31.4 Å². The monoisotopic (exact) mass is 374 g/mol. The fraction of sp³-hybridized carbons (Fsp3) is 0.526. The number of benzene rings is 1. The normalized spacial score (nSPS) is 16.6. The first-order valence-electron chi connectivity index (χ1n) is 9.00. The largest absolute Gasteiger partial charge is 0.333 e. The number of aromatic nitrogens is 1. The number of hydrogen-bond donors (Lipinski definition) is 2. The molecule has 6 nitrogen and oxygen atoms in total. The van der Waals surface area contributed by atoms with E-state index < -0.39 is 6.03 Å². The Hall–Kier alpha value is -1.99. The number of imide groups is 1. The topological polar surface area (TPSA) is 74.3 Å². The van der Waals surface area contributed by atoms with Gasteiger partial charge in [0.2, 0.25) is 5.91 Å². The van der Waals surface area contributed by atoms with E-state index in [-0.39, 0.29) is 18.0 Å². The molecule has 2 aromatic rings. The molecule has 0 saturated carbocycles. The van der Waals surface area contributed by atoms with Gasteiger partial charge in [-0.1, -0.05) is 12.1 Å². The molecule has 3 amide bonds. The molecule has 1 fully saturated rings. The van der Waals surface area contributed by atoms with Crippen molar-refractivity contribution in [1.82, 2.24) is 20.5 Å². The number of carbonyl (C=O) groups excluding carboxylic acids is 2. The van der Waals surface area contributed by atoms with Crippen LogP contribution < -0.4 is 10.6 Å². The first-order valence-corrected chi connectivity index (χ1v) is 9.81. The molecule has 1 saturated heterocycles. The molecule has 0 atom stereocenters. The van der Waals surface area contributed by atoms with E-state index in [1.165, 1.54) is 9.71 Å². The van der Waals surface area contributed by atoms with Crippen molar-refractivity contribution < 1.29 is 9.59 Å². The Balaban J connectivity index is 1.47. The van der Waals surface area contributed by atoms with Gasteiger partial charge in [0.25, 0.3) is 0 Å². The Morgan fingerprint density at radius 2 is 1.92 bits per heavy atom. The highest BCUT2D eigenvalue weighted by Crippen LogP contribution is 2.33. The molecule has 1 aromatic heterocycles. The quantitative estimate of drug-likeness (QED) is 0.866. The predicted molar refractivity (Wildman–Crippen MR) is 104 cm³/mol. The molecule has 1 aliphatic rings. The lowest BCUT2D eigenvalue weighted by molar-refractivity contribution is -0.121. The molecule has 2 N–H and O–H groups in total. The molecule has 7 heteroatoms. The van der Waals surface area contributed by atoms with E-state index in [1.807, 2.05) is 32.9 Å². The van der Waals surface area contributed by atoms with E-state index in [0.29, 0.717) is 5.92 Å². The highest BCUT2D eigenvalue weighted by atomic mass is 32.1. The van der Waals surface area contributed by atoms with Crippen molar-refractivity contribution in [2.24, 2.45) is 0 Å². The maximum atomic E-state index is 12.1. The van der Waals surface area contributed by atoms with Crippen molar-refractivity contribution in [2.75, 3.05) is 19.6 Å². The molecule has 26 heavy (non-hydrogen) atoms. The van der Waals surface area contributed by atoms with Gasteiger partial charge in [0.1, 0.15) is 0 Å². The van der Waals surface area contributed by atoms with E-state index in [4.69, 9.17) is 4.98 Å². The average molecular weight is 375 g/mol. The average Bonchev–Trinajstić information content (AvgIpc) is 2.97. The number of rotatable bonds is 3. The van der Waals surface area contributed by atoms with Gasteiger partial charge in [0.05, 0.1) is 21.8 Å². The zero-order valence-corrected chi connectivity index (χ0v) is 16.4. The Labute approximate surface area is 158 Å². The summed E-state index contributed by atoms with van der Waals surface area (Å²) in [4.78, 5) is 30.7. The lowest BCUT2D eigenvalue weighted by atomic mass is 9.97. The Kier molecular flexibility index (Phi) is 5.58. The van der Waals surface area contributed by atoms with Crippen molar-refractivity contribution in [2.45, 2.75) is 45.1 Å². The third-order valence-corrected chi connectivity index (χ3v) is 5.55. The van der Waals surface area contributed by atoms with Crippen LogP contribution in [0.2, 0.25) is 0 Å². The molecule has 1 aliphatic heterocycles. The molecule has 140 valence electrons. The van der Waals surface area contributed by atoms with Crippen molar-refractivity contribution in [3.8, 4) is 0 Å². The number of nitrogens with one attached hydrogen (secondary N) is 2. The van der Waals surface area contributed by atoms with Crippen molar-refractivity contribution >= 4 is 33.5 Å². The Morgan fingerprint density at radius 3 is 2.58 bits per heavy atom. The van der Waals surface area contributed by atoms with Crippen molar-refractivity contribution in [3.05, 3.63) is 29.3 Å². The van der Waals surface area contributed by atoms with Crippen LogP contribution in [0.5, 0.6) is 0 Å². The summed E-state index contributed by atoms with van der Waals surface area (Å²) in [5.74, 6) is 0.195. The standard InChI is InChI=1S/C19H26N4O2S/c1-19(2,3)22-18(25)21-16(24)12-23-10-8-13(9-11-23)17-20-14-6-4-5-7-15(14)26-17/h4-7,13H,8-12H2,1-3H3,(H2,21,22,24,25). The first kappa shape index (κ1) is 18.8. The van der Waals surface area contributed by atoms with Crippen LogP contribution in [0.15, 0.2) is 24.3 Å². The molecule has 0 spiro atoms. The van der Waals surface area contributed by atoms with Gasteiger partial charge in [-0.15, -0.1) is 11.3 Å². The first-order chi connectivity index (χ1) is 12.3. The second-order valence-corrected chi connectivity index (χ2v) is 8.88. The zero-order chi connectivity index (χ0) is 18.7. The fourth-order valence-corrected chi connectivity index (χ4v) is 4.28. The van der Waals surface area contributed by atoms with Gasteiger partial charge in [0.15, 0.2) is 0 Å². The number of urea groups is 1. The van der Waals surface area contributed by atoms with Crippen LogP contribution in [-0.4, -0.2) is 47.0 Å². The summed E-state index contributed by atoms with van der Waals surface area (Å²) in [6.07, 6.45) is 1.97. The highest BCUT2D eigenvalue weighted by Gasteiger charge is 2.25. The van der Waals surface area contributed by atoms with Crippen LogP contribution in [0.25, 0.3) is 10.2 Å². The number of carbonyl (C=O) groups is 2. The van der Waals surface area contributed by atoms with Gasteiger partial charge in [0, 0.05) is 11.5 Å². The SMILES string of the molecule is CC(C)(C)NC(=O)NC(=O)CN1CCC(c2nc3ccccc3s2)CC1. The number of amides is 3. The van der Waals surface area contributed by atoms with Gasteiger partial charge in [-0.3, -0.25) is 15.0 Å². The molecule has 3 rings (SSSR count). The summed E-state index contributed by atoms with van der Waals surface area (Å²) in [6.45, 7) is 7.57. The van der Waals surface area contributed by atoms with Crippen LogP contribution in [0, 0.1) is 0 Å². The van der Waals surface area contributed by atoms with Gasteiger partial charge in [-0.2, -0.15) is 0 Å². The minimum absolute atomic E-state index is 0.254. The Bertz CT molecular complexity index is 755. The number of fused-ring (bicyclic) bond motifs is 1. The van der Waals surface area contributed by atoms with E-state index >= 15 is 0 Å². The van der Waals surface area contributed by atoms with Crippen molar-refractivity contribution in [1.29, 1.82) is 0 Å². The molecule has 0 aliphatic carbocycles. The highest BCUT2D eigenvalue weighted by molar-refractivity contribution is 7.18. The third-order valence-electron chi connectivity index (χ3n) is 4.36. The summed E-state index contributed by atoms with van der Waals surface area (Å²) in [7, 11) is 0. The summed E-state index contributed by atoms with van der Waals surface area (Å²) >= 11 is 1.77. The number of likely N-dealkylation sites (tertiary alicyclic amines) is 1. The van der Waals surface area contributed by atoms with E-state index in [2.05, 4.69) is 27.7 Å². The number of thiazole rings is 1. The summed E-state index contributed by atoms with van der Waals surface area (Å²) in [5.41, 5.74) is 0.708. The molecule has 2 heterocycles. The summed E-state index contributed by atoms with van der Waals surface area (Å²) in [6, 6.07) is 7.78. The van der Waals surface area contributed by atoms with E-state index in [9.17, 15) is 9.59 Å². The molecule has 0 unspecified atom stereocenters. The van der Waals surface area contributed by atoms with Crippen molar-refractivity contribution in [3.63, 3.8) is 0 Å². The van der Waals surface area contributed by atoms with Crippen LogP contribution in [0.1, 0.15) is 44.5 Å². The van der Waals surface area contributed by atoms with Gasteiger partial charge in [-0.25, -0.2) is 9.78 Å². The van der Waals surface area contributed by atoms with Gasteiger partial charge in [-0.05, 0) is 58.8 Å². The number of piperidine rings is 1. The maximum absolute atomic E-state index is 12.1. The second kappa shape index (κ2) is 7.72. The van der Waals surface area contributed by atoms with Crippen LogP contribution in [0.4, 0.5) is 4.79 Å². The summed E-state index contributed by atoms with van der Waals surface area (Å²) in [5, 5.41) is 6.33. The molecular weight excluding hydrogens is 348 g/mol. The molecular formula is C19H26N4O2S. The predicted octanol–water partition coefficient (Wildman–Crippen LogP) is 3.10. The minimum Gasteiger partial charge on any atom is -0.333 e. The zero-order valence-electron chi connectivity index (χ0n) is 15.5. The smallest absolute Gasteiger partial charge is 0.321 e. The van der Waals surface area contributed by atoms with Crippen LogP contribution in [0.3, 0.4) is 0 Å². The number of nitrogens with zero attached hydrogens (tertiary/aromatic N) is 2. The molecule has 0 radical (unpaired) electrons. The van der Waals surface area contributed by atoms with Gasteiger partial charge >= 0.3 is 6.03 Å². The minimum atomic E-state index is -0.438. The molecule has 0 bridgehead atoms. The number of para-hydroxylation sites is 1. The molecule has 1 aromatic carbocycles. The van der Waals surface area contributed by atoms with E-state index in [1.54, 1.807) is 11.3 Å². The van der Waals surface area contributed by atoms with Crippen LogP contribution >= 0.6 is 11.3 Å². The lowest BCUT2D eigenvalue weighted by Gasteiger charge is -2.30. The number of hydrogen-bond acceptors (Lipinski definition) is 5. The fourth-order valence-electron chi connectivity index (χ4n) is 3.14. The summed E-state index contributed by atoms with van der Waals surface area (Å²) < 4.78 is 1.23. The third kappa shape index (κ3) is 5.02.